The van der Waals surface area contributed by atoms with Crippen molar-refractivity contribution in [2.45, 2.75) is 19.9 Å². The fraction of sp³-hybridized carbons (Fsp3) is 0.154. The average Bonchev–Trinajstić information content (AvgIpc) is 3.09. The number of aryl methyl sites for hydroxylation is 2. The third kappa shape index (κ3) is 3.09. The number of ether oxygens (including phenoxy) is 1. The predicted octanol–water partition coefficient (Wildman–Crippen LogP) is 5.82. The molecule has 0 aliphatic carbocycles. The maximum Gasteiger partial charge on any atom is 0.295 e. The Morgan fingerprint density at radius 2 is 1.78 bits per heavy atom. The van der Waals surface area contributed by atoms with Gasteiger partial charge in [-0.2, -0.15) is 0 Å². The van der Waals surface area contributed by atoms with Gasteiger partial charge in [0.25, 0.3) is 5.91 Å². The average molecular weight is 446 g/mol. The van der Waals surface area contributed by atoms with E-state index in [-0.39, 0.29) is 17.1 Å². The molecule has 0 fully saturated rings. The molecule has 1 unspecified atom stereocenters. The summed E-state index contributed by atoms with van der Waals surface area (Å²) >= 11 is 6.15. The summed E-state index contributed by atoms with van der Waals surface area (Å²) in [5.74, 6) is 0.331. The molecular weight excluding hydrogens is 426 g/mol. The van der Waals surface area contributed by atoms with Gasteiger partial charge in [-0.15, -0.1) is 0 Å². The number of fused-ring (bicyclic) bond motifs is 2. The number of methoxy groups -OCH3 is 1. The van der Waals surface area contributed by atoms with E-state index in [9.17, 15) is 9.59 Å². The molecule has 0 bridgehead atoms. The summed E-state index contributed by atoms with van der Waals surface area (Å²) in [6.45, 7) is 4.01. The summed E-state index contributed by atoms with van der Waals surface area (Å²) in [5, 5.41) is 0.775. The molecule has 5 rings (SSSR count). The molecule has 1 aliphatic heterocycles. The second-order valence-corrected chi connectivity index (χ2v) is 8.37. The van der Waals surface area contributed by atoms with Crippen LogP contribution in [0.5, 0.6) is 5.75 Å². The standard InChI is InChI=1S/C26H20ClNO4/c1-14-7-9-18(11-15(14)2)28-23(16-5-4-6-19(12-16)31-3)22-24(29)20-13-17(27)8-10-21(20)32-25(22)26(28)30/h4-13,23H,1-3H3. The zero-order chi connectivity index (χ0) is 22.6. The number of carbonyl (C=O) groups is 1. The third-order valence-corrected chi connectivity index (χ3v) is 6.25. The number of nitrogens with zero attached hydrogens (tertiary/aromatic N) is 1. The second-order valence-electron chi connectivity index (χ2n) is 7.94. The van der Waals surface area contributed by atoms with Crippen LogP contribution in [0.1, 0.15) is 38.9 Å². The number of carbonyl (C=O) groups excluding carboxylic acids is 1. The highest BCUT2D eigenvalue weighted by Gasteiger charge is 2.43. The Labute approximate surface area is 189 Å². The van der Waals surface area contributed by atoms with Crippen LogP contribution >= 0.6 is 11.6 Å². The highest BCUT2D eigenvalue weighted by molar-refractivity contribution is 6.31. The van der Waals surface area contributed by atoms with Gasteiger partial charge in [0.1, 0.15) is 11.3 Å². The molecule has 4 aromatic rings. The van der Waals surface area contributed by atoms with E-state index in [1.165, 1.54) is 0 Å². The van der Waals surface area contributed by atoms with Crippen molar-refractivity contribution in [3.8, 4) is 5.75 Å². The summed E-state index contributed by atoms with van der Waals surface area (Å²) in [4.78, 5) is 28.9. The fourth-order valence-electron chi connectivity index (χ4n) is 4.21. The summed E-state index contributed by atoms with van der Waals surface area (Å²) in [6, 6.07) is 17.4. The van der Waals surface area contributed by atoms with E-state index < -0.39 is 6.04 Å². The van der Waals surface area contributed by atoms with Gasteiger partial charge in [-0.3, -0.25) is 14.5 Å². The Morgan fingerprint density at radius 3 is 2.53 bits per heavy atom. The van der Waals surface area contributed by atoms with Crippen LogP contribution < -0.4 is 15.1 Å². The third-order valence-electron chi connectivity index (χ3n) is 6.01. The first kappa shape index (κ1) is 20.3. The zero-order valence-electron chi connectivity index (χ0n) is 17.8. The van der Waals surface area contributed by atoms with Gasteiger partial charge < -0.3 is 9.15 Å². The van der Waals surface area contributed by atoms with Gasteiger partial charge in [0.15, 0.2) is 5.43 Å². The SMILES string of the molecule is COc1cccc(C2c3c(oc4ccc(Cl)cc4c3=O)C(=O)N2c2ccc(C)c(C)c2)c1. The van der Waals surface area contributed by atoms with Crippen LogP contribution in [0.25, 0.3) is 11.0 Å². The van der Waals surface area contributed by atoms with E-state index in [1.54, 1.807) is 30.2 Å². The first-order chi connectivity index (χ1) is 15.4. The molecule has 1 atom stereocenters. The van der Waals surface area contributed by atoms with Crippen LogP contribution in [0.3, 0.4) is 0 Å². The first-order valence-corrected chi connectivity index (χ1v) is 10.6. The van der Waals surface area contributed by atoms with Crippen molar-refractivity contribution in [1.82, 2.24) is 0 Å². The van der Waals surface area contributed by atoms with Gasteiger partial charge in [0.2, 0.25) is 5.76 Å². The lowest BCUT2D eigenvalue weighted by Gasteiger charge is -2.26. The molecule has 6 heteroatoms. The van der Waals surface area contributed by atoms with Crippen molar-refractivity contribution in [2.24, 2.45) is 0 Å². The van der Waals surface area contributed by atoms with Crippen molar-refractivity contribution in [2.75, 3.05) is 12.0 Å². The monoisotopic (exact) mass is 445 g/mol. The number of hydrogen-bond acceptors (Lipinski definition) is 4. The van der Waals surface area contributed by atoms with Gasteiger partial charge in [-0.25, -0.2) is 0 Å². The van der Waals surface area contributed by atoms with Crippen LogP contribution in [0.4, 0.5) is 5.69 Å². The van der Waals surface area contributed by atoms with Crippen LogP contribution in [-0.2, 0) is 0 Å². The topological polar surface area (TPSA) is 59.8 Å². The normalized spacial score (nSPS) is 15.3. The molecule has 3 aromatic carbocycles. The Hall–Kier alpha value is -3.57. The minimum Gasteiger partial charge on any atom is -0.497 e. The molecule has 5 nitrogen and oxygen atoms in total. The van der Waals surface area contributed by atoms with E-state index in [4.69, 9.17) is 20.8 Å². The number of amides is 1. The molecule has 0 saturated carbocycles. The van der Waals surface area contributed by atoms with Gasteiger partial charge in [-0.1, -0.05) is 29.8 Å². The number of rotatable bonds is 3. The fourth-order valence-corrected chi connectivity index (χ4v) is 4.39. The highest BCUT2D eigenvalue weighted by atomic mass is 35.5. The van der Waals surface area contributed by atoms with E-state index in [2.05, 4.69) is 0 Å². The van der Waals surface area contributed by atoms with Crippen molar-refractivity contribution in [3.63, 3.8) is 0 Å². The van der Waals surface area contributed by atoms with Crippen LogP contribution in [0, 0.1) is 13.8 Å². The van der Waals surface area contributed by atoms with Gasteiger partial charge in [0, 0.05) is 10.7 Å². The van der Waals surface area contributed by atoms with E-state index in [0.29, 0.717) is 33.0 Å². The maximum absolute atomic E-state index is 13.6. The summed E-state index contributed by atoms with van der Waals surface area (Å²) in [6.07, 6.45) is 0. The second kappa shape index (κ2) is 7.53. The Morgan fingerprint density at radius 1 is 0.969 bits per heavy atom. The zero-order valence-corrected chi connectivity index (χ0v) is 18.6. The number of anilines is 1. The summed E-state index contributed by atoms with van der Waals surface area (Å²) in [5.41, 5.74) is 3.98. The van der Waals surface area contributed by atoms with E-state index in [0.717, 1.165) is 16.7 Å². The van der Waals surface area contributed by atoms with Crippen LogP contribution in [-0.4, -0.2) is 13.0 Å². The molecule has 0 spiro atoms. The predicted molar refractivity (Wildman–Crippen MR) is 125 cm³/mol. The number of benzene rings is 3. The molecule has 0 radical (unpaired) electrons. The largest absolute Gasteiger partial charge is 0.497 e. The van der Waals surface area contributed by atoms with Gasteiger partial charge in [0.05, 0.1) is 24.1 Å². The van der Waals surface area contributed by atoms with Gasteiger partial charge in [-0.05, 0) is 73.0 Å². The first-order valence-electron chi connectivity index (χ1n) is 10.2. The lowest BCUT2D eigenvalue weighted by atomic mass is 9.97. The summed E-state index contributed by atoms with van der Waals surface area (Å²) < 4.78 is 11.4. The molecule has 1 aromatic heterocycles. The quantitative estimate of drug-likeness (QED) is 0.398. The maximum atomic E-state index is 13.6. The molecule has 2 heterocycles. The smallest absolute Gasteiger partial charge is 0.295 e. The van der Waals surface area contributed by atoms with E-state index >= 15 is 0 Å². The van der Waals surface area contributed by atoms with Crippen LogP contribution in [0.2, 0.25) is 5.02 Å². The molecule has 32 heavy (non-hydrogen) atoms. The lowest BCUT2D eigenvalue weighted by Crippen LogP contribution is -2.29. The highest BCUT2D eigenvalue weighted by Crippen LogP contribution is 2.42. The van der Waals surface area contributed by atoms with Crippen molar-refractivity contribution in [3.05, 3.63) is 104 Å². The van der Waals surface area contributed by atoms with Crippen LogP contribution in [0.15, 0.2) is 69.9 Å². The molecule has 0 N–H and O–H groups in total. The summed E-state index contributed by atoms with van der Waals surface area (Å²) in [7, 11) is 1.58. The molecular formula is C26H20ClNO4. The Balaban J connectivity index is 1.82. The Kier molecular flexibility index (Phi) is 4.79. The minimum absolute atomic E-state index is 0.0517. The van der Waals surface area contributed by atoms with Gasteiger partial charge >= 0.3 is 0 Å². The van der Waals surface area contributed by atoms with Crippen molar-refractivity contribution in [1.29, 1.82) is 0 Å². The molecule has 160 valence electrons. The van der Waals surface area contributed by atoms with Crippen molar-refractivity contribution < 1.29 is 13.9 Å². The number of halogens is 1. The molecule has 1 amide bonds. The molecule has 1 aliphatic rings. The minimum atomic E-state index is -0.658. The molecule has 0 saturated heterocycles. The number of hydrogen-bond donors (Lipinski definition) is 0. The van der Waals surface area contributed by atoms with Crippen molar-refractivity contribution >= 4 is 34.2 Å². The Bertz CT molecular complexity index is 1460. The van der Waals surface area contributed by atoms with E-state index in [1.807, 2.05) is 56.3 Å². The lowest BCUT2D eigenvalue weighted by molar-refractivity contribution is 0.0971.